The van der Waals surface area contributed by atoms with Crippen molar-refractivity contribution in [1.29, 1.82) is 0 Å². The second-order valence-electron chi connectivity index (χ2n) is 4.40. The van der Waals surface area contributed by atoms with Crippen LogP contribution in [-0.2, 0) is 0 Å². The number of nitrogens with zero attached hydrogens (tertiary/aromatic N) is 1. The third kappa shape index (κ3) is 3.00. The molecule has 1 aromatic carbocycles. The number of aryl methyl sites for hydroxylation is 1. The van der Waals surface area contributed by atoms with E-state index in [1.165, 1.54) is 0 Å². The van der Waals surface area contributed by atoms with E-state index in [2.05, 4.69) is 10.3 Å². The summed E-state index contributed by atoms with van der Waals surface area (Å²) in [7, 11) is 1.71. The van der Waals surface area contributed by atoms with Crippen LogP contribution >= 0.6 is 12.2 Å². The van der Waals surface area contributed by atoms with Gasteiger partial charge >= 0.3 is 5.97 Å². The molecule has 2 N–H and O–H groups in total. The van der Waals surface area contributed by atoms with Crippen molar-refractivity contribution in [3.63, 3.8) is 0 Å². The summed E-state index contributed by atoms with van der Waals surface area (Å²) < 4.78 is 0. The highest BCUT2D eigenvalue weighted by Crippen LogP contribution is 2.21. The van der Waals surface area contributed by atoms with Crippen molar-refractivity contribution in [1.82, 2.24) is 10.3 Å². The lowest BCUT2D eigenvalue weighted by atomic mass is 10.0. The van der Waals surface area contributed by atoms with Gasteiger partial charge in [0.15, 0.2) is 0 Å². The van der Waals surface area contributed by atoms with Crippen LogP contribution in [0.5, 0.6) is 0 Å². The van der Waals surface area contributed by atoms with Crippen LogP contribution in [0.3, 0.4) is 0 Å². The van der Waals surface area contributed by atoms with Crippen molar-refractivity contribution in [2.24, 2.45) is 0 Å². The first-order valence-corrected chi connectivity index (χ1v) is 6.45. The van der Waals surface area contributed by atoms with E-state index in [-0.39, 0.29) is 5.56 Å². The summed E-state index contributed by atoms with van der Waals surface area (Å²) in [5.41, 5.74) is 3.36. The molecule has 0 aliphatic heterocycles. The van der Waals surface area contributed by atoms with Crippen molar-refractivity contribution in [3.8, 4) is 11.3 Å². The largest absolute Gasteiger partial charge is 0.478 e. The molecule has 0 fully saturated rings. The maximum atomic E-state index is 11.2. The average molecular weight is 286 g/mol. The number of rotatable bonds is 3. The molecule has 0 unspecified atom stereocenters. The van der Waals surface area contributed by atoms with Crippen LogP contribution in [0.2, 0.25) is 0 Å². The number of carboxylic acid groups (broad SMARTS) is 1. The van der Waals surface area contributed by atoms with E-state index >= 15 is 0 Å². The molecule has 4 nitrogen and oxygen atoms in total. The molecular weight excluding hydrogens is 272 g/mol. The number of aromatic nitrogens is 1. The van der Waals surface area contributed by atoms with Crippen LogP contribution < -0.4 is 5.32 Å². The molecule has 0 aliphatic carbocycles. The minimum atomic E-state index is -0.987. The Labute approximate surface area is 122 Å². The minimum absolute atomic E-state index is 0.192. The van der Waals surface area contributed by atoms with E-state index in [4.69, 9.17) is 12.2 Å². The van der Waals surface area contributed by atoms with Crippen molar-refractivity contribution in [3.05, 3.63) is 53.2 Å². The molecule has 0 atom stereocenters. The number of carboxylic acids is 1. The smallest absolute Gasteiger partial charge is 0.335 e. The number of thiocarbonyl (C=S) groups is 1. The first kappa shape index (κ1) is 14.1. The molecule has 5 heteroatoms. The van der Waals surface area contributed by atoms with Gasteiger partial charge in [-0.1, -0.05) is 18.3 Å². The number of benzene rings is 1. The lowest BCUT2D eigenvalue weighted by Crippen LogP contribution is -2.17. The Balaban J connectivity index is 2.57. The molecule has 0 radical (unpaired) electrons. The topological polar surface area (TPSA) is 62.2 Å². The minimum Gasteiger partial charge on any atom is -0.478 e. The van der Waals surface area contributed by atoms with E-state index in [0.717, 1.165) is 16.8 Å². The number of hydrogen-bond acceptors (Lipinski definition) is 3. The standard InChI is InChI=1S/C15H14N2O2S/c1-9-3-4-13(17-8-9)10-5-11(14(20)16-2)7-12(6-10)15(18)19/h3-8H,1-2H3,(H,16,20)(H,18,19). The third-order valence-corrected chi connectivity index (χ3v) is 3.32. The van der Waals surface area contributed by atoms with Gasteiger partial charge in [0.2, 0.25) is 0 Å². The fourth-order valence-electron chi connectivity index (χ4n) is 1.81. The van der Waals surface area contributed by atoms with Gasteiger partial charge in [0.25, 0.3) is 0 Å². The predicted octanol–water partition coefficient (Wildman–Crippen LogP) is 2.65. The molecule has 102 valence electrons. The summed E-state index contributed by atoms with van der Waals surface area (Å²) in [5.74, 6) is -0.987. The normalized spacial score (nSPS) is 10.1. The Kier molecular flexibility index (Phi) is 4.10. The molecular formula is C15H14N2O2S. The van der Waals surface area contributed by atoms with Crippen molar-refractivity contribution < 1.29 is 9.90 Å². The van der Waals surface area contributed by atoms with Gasteiger partial charge in [-0.3, -0.25) is 4.98 Å². The highest BCUT2D eigenvalue weighted by atomic mass is 32.1. The highest BCUT2D eigenvalue weighted by Gasteiger charge is 2.11. The number of nitrogens with one attached hydrogen (secondary N) is 1. The van der Waals surface area contributed by atoms with E-state index in [1.54, 1.807) is 25.4 Å². The van der Waals surface area contributed by atoms with Gasteiger partial charge in [0.1, 0.15) is 4.99 Å². The first-order valence-electron chi connectivity index (χ1n) is 6.05. The van der Waals surface area contributed by atoms with E-state index in [0.29, 0.717) is 10.6 Å². The fourth-order valence-corrected chi connectivity index (χ4v) is 1.93. The number of pyridine rings is 1. The van der Waals surface area contributed by atoms with Crippen LogP contribution in [-0.4, -0.2) is 28.1 Å². The predicted molar refractivity (Wildman–Crippen MR) is 82.1 cm³/mol. The molecule has 0 amide bonds. The van der Waals surface area contributed by atoms with Gasteiger partial charge in [-0.25, -0.2) is 4.79 Å². The van der Waals surface area contributed by atoms with Crippen LogP contribution in [0, 0.1) is 6.92 Å². The summed E-state index contributed by atoms with van der Waals surface area (Å²) in [4.78, 5) is 16.0. The van der Waals surface area contributed by atoms with Crippen molar-refractivity contribution in [2.45, 2.75) is 6.92 Å². The lowest BCUT2D eigenvalue weighted by Gasteiger charge is -2.08. The second-order valence-corrected chi connectivity index (χ2v) is 4.81. The lowest BCUT2D eigenvalue weighted by molar-refractivity contribution is 0.0697. The zero-order valence-electron chi connectivity index (χ0n) is 11.2. The zero-order chi connectivity index (χ0) is 14.7. The molecule has 2 aromatic rings. The summed E-state index contributed by atoms with van der Waals surface area (Å²) in [6.07, 6.45) is 1.75. The van der Waals surface area contributed by atoms with Crippen LogP contribution in [0.15, 0.2) is 36.5 Å². The maximum absolute atomic E-state index is 11.2. The molecule has 0 spiro atoms. The summed E-state index contributed by atoms with van der Waals surface area (Å²) in [6, 6.07) is 8.79. The second kappa shape index (κ2) is 5.79. The zero-order valence-corrected chi connectivity index (χ0v) is 12.0. The molecule has 0 aliphatic rings. The Bertz CT molecular complexity index is 666. The molecule has 1 aromatic heterocycles. The van der Waals surface area contributed by atoms with E-state index in [1.807, 2.05) is 25.1 Å². The Morgan fingerprint density at radius 1 is 1.25 bits per heavy atom. The van der Waals surface area contributed by atoms with Crippen molar-refractivity contribution >= 4 is 23.2 Å². The van der Waals surface area contributed by atoms with E-state index < -0.39 is 5.97 Å². The molecule has 2 rings (SSSR count). The number of aromatic carboxylic acids is 1. The molecule has 0 saturated carbocycles. The average Bonchev–Trinajstić information content (AvgIpc) is 2.46. The van der Waals surface area contributed by atoms with E-state index in [9.17, 15) is 9.90 Å². The van der Waals surface area contributed by atoms with Gasteiger partial charge in [-0.15, -0.1) is 0 Å². The van der Waals surface area contributed by atoms with Crippen LogP contribution in [0.4, 0.5) is 0 Å². The van der Waals surface area contributed by atoms with Crippen LogP contribution in [0.1, 0.15) is 21.5 Å². The summed E-state index contributed by atoms with van der Waals surface area (Å²) in [6.45, 7) is 1.95. The SMILES string of the molecule is CNC(=S)c1cc(C(=O)O)cc(-c2ccc(C)cn2)c1. The third-order valence-electron chi connectivity index (χ3n) is 2.88. The van der Waals surface area contributed by atoms with Gasteiger partial charge < -0.3 is 10.4 Å². The monoisotopic (exact) mass is 286 g/mol. The number of carbonyl (C=O) groups is 1. The van der Waals surface area contributed by atoms with Crippen molar-refractivity contribution in [2.75, 3.05) is 7.05 Å². The number of hydrogen-bond donors (Lipinski definition) is 2. The Morgan fingerprint density at radius 3 is 2.50 bits per heavy atom. The summed E-state index contributed by atoms with van der Waals surface area (Å²) >= 11 is 5.17. The van der Waals surface area contributed by atoms with Gasteiger partial charge in [-0.2, -0.15) is 0 Å². The first-order chi connectivity index (χ1) is 9.51. The Hall–Kier alpha value is -2.27. The fraction of sp³-hybridized carbons (Fsp3) is 0.133. The highest BCUT2D eigenvalue weighted by molar-refractivity contribution is 7.80. The Morgan fingerprint density at radius 2 is 1.95 bits per heavy atom. The van der Waals surface area contributed by atoms with Gasteiger partial charge in [-0.05, 0) is 36.8 Å². The quantitative estimate of drug-likeness (QED) is 0.849. The molecule has 1 heterocycles. The van der Waals surface area contributed by atoms with Gasteiger partial charge in [0.05, 0.1) is 11.3 Å². The maximum Gasteiger partial charge on any atom is 0.335 e. The van der Waals surface area contributed by atoms with Crippen LogP contribution in [0.25, 0.3) is 11.3 Å². The molecule has 0 bridgehead atoms. The summed E-state index contributed by atoms with van der Waals surface area (Å²) in [5, 5.41) is 12.0. The molecule has 0 saturated heterocycles. The van der Waals surface area contributed by atoms with Gasteiger partial charge in [0, 0.05) is 24.4 Å². The molecule has 20 heavy (non-hydrogen) atoms.